The summed E-state index contributed by atoms with van der Waals surface area (Å²) in [6, 6.07) is 9.58. The zero-order valence-electron chi connectivity index (χ0n) is 16.4. The van der Waals surface area contributed by atoms with E-state index < -0.39 is 5.79 Å². The molecule has 4 unspecified atom stereocenters. The predicted octanol–water partition coefficient (Wildman–Crippen LogP) is 2.62. The van der Waals surface area contributed by atoms with Gasteiger partial charge in [-0.1, -0.05) is 6.07 Å². The van der Waals surface area contributed by atoms with Crippen LogP contribution >= 0.6 is 0 Å². The zero-order valence-corrected chi connectivity index (χ0v) is 16.4. The maximum absolute atomic E-state index is 6.32. The minimum absolute atomic E-state index is 0.178. The fourth-order valence-corrected chi connectivity index (χ4v) is 4.46. The molecule has 0 radical (unpaired) electrons. The second kappa shape index (κ2) is 5.91. The van der Waals surface area contributed by atoms with Gasteiger partial charge in [0, 0.05) is 0 Å². The number of hydrogen-bond donors (Lipinski definition) is 0. The van der Waals surface area contributed by atoms with Crippen LogP contribution in [0.4, 0.5) is 5.82 Å². The number of benzene rings is 1. The Morgan fingerprint density at radius 3 is 2.66 bits per heavy atom. The van der Waals surface area contributed by atoms with Gasteiger partial charge in [-0.05, 0) is 62.2 Å². The van der Waals surface area contributed by atoms with Gasteiger partial charge >= 0.3 is 0 Å². The fraction of sp³-hybridized carbons (Fsp3) is 0.429. The van der Waals surface area contributed by atoms with Crippen molar-refractivity contribution in [2.75, 3.05) is 11.9 Å². The average molecular weight is 395 g/mol. The van der Waals surface area contributed by atoms with Gasteiger partial charge in [0.05, 0.1) is 5.69 Å². The summed E-state index contributed by atoms with van der Waals surface area (Å²) >= 11 is 0. The molecule has 4 aliphatic heterocycles. The van der Waals surface area contributed by atoms with E-state index >= 15 is 0 Å². The molecule has 5 heterocycles. The second-order valence-corrected chi connectivity index (χ2v) is 8.13. The van der Waals surface area contributed by atoms with Crippen LogP contribution in [-0.2, 0) is 14.3 Å². The molecule has 7 rings (SSSR count). The SMILES string of the molecule is Cc1ccc(N2OC3C=C(c4ccc5c(c4)OCO5)C2C2OC(C)(C)OC32)nn1. The van der Waals surface area contributed by atoms with Gasteiger partial charge in [0.25, 0.3) is 0 Å². The summed E-state index contributed by atoms with van der Waals surface area (Å²) in [4.78, 5) is 6.26. The quantitative estimate of drug-likeness (QED) is 0.768. The third kappa shape index (κ3) is 2.63. The molecule has 1 aromatic heterocycles. The van der Waals surface area contributed by atoms with Gasteiger partial charge in [0.2, 0.25) is 6.79 Å². The third-order valence-corrected chi connectivity index (χ3v) is 5.66. The summed E-state index contributed by atoms with van der Waals surface area (Å²) in [5, 5.41) is 10.3. The molecule has 0 spiro atoms. The van der Waals surface area contributed by atoms with Crippen LogP contribution in [0.3, 0.4) is 0 Å². The van der Waals surface area contributed by atoms with Crippen molar-refractivity contribution >= 4 is 11.4 Å². The molecule has 2 aromatic rings. The van der Waals surface area contributed by atoms with Crippen LogP contribution in [0.25, 0.3) is 5.57 Å². The van der Waals surface area contributed by atoms with E-state index in [1.165, 1.54) is 0 Å². The zero-order chi connectivity index (χ0) is 19.8. The molecular weight excluding hydrogens is 374 g/mol. The number of nitrogens with zero attached hydrogens (tertiary/aromatic N) is 3. The Bertz CT molecular complexity index is 1010. The van der Waals surface area contributed by atoms with Crippen molar-refractivity contribution in [3.05, 3.63) is 47.7 Å². The van der Waals surface area contributed by atoms with Crippen LogP contribution in [0.5, 0.6) is 11.5 Å². The first-order valence-corrected chi connectivity index (χ1v) is 9.72. The van der Waals surface area contributed by atoms with Crippen molar-refractivity contribution in [2.24, 2.45) is 0 Å². The topological polar surface area (TPSA) is 75.2 Å². The van der Waals surface area contributed by atoms with Gasteiger partial charge < -0.3 is 18.9 Å². The number of ether oxygens (including phenoxy) is 4. The van der Waals surface area contributed by atoms with Crippen molar-refractivity contribution in [2.45, 2.75) is 50.9 Å². The number of anilines is 1. The van der Waals surface area contributed by atoms with E-state index in [2.05, 4.69) is 16.3 Å². The maximum Gasteiger partial charge on any atom is 0.231 e. The highest BCUT2D eigenvalue weighted by atomic mass is 16.8. The number of hydrogen-bond acceptors (Lipinski definition) is 8. The molecule has 4 atom stereocenters. The Kier molecular flexibility index (Phi) is 3.51. The van der Waals surface area contributed by atoms with Gasteiger partial charge in [-0.25, -0.2) is 5.06 Å². The maximum atomic E-state index is 6.32. The summed E-state index contributed by atoms with van der Waals surface area (Å²) in [6.45, 7) is 6.01. The fourth-order valence-electron chi connectivity index (χ4n) is 4.46. The minimum atomic E-state index is -0.678. The summed E-state index contributed by atoms with van der Waals surface area (Å²) in [7, 11) is 0. The lowest BCUT2D eigenvalue weighted by Gasteiger charge is -2.48. The van der Waals surface area contributed by atoms with E-state index in [0.717, 1.165) is 28.3 Å². The number of hydroxylamine groups is 1. The van der Waals surface area contributed by atoms with E-state index in [1.807, 2.05) is 56.2 Å². The Labute approximate surface area is 167 Å². The van der Waals surface area contributed by atoms with Crippen LogP contribution in [0.15, 0.2) is 36.4 Å². The number of rotatable bonds is 2. The number of aromatic nitrogens is 2. The summed E-state index contributed by atoms with van der Waals surface area (Å²) < 4.78 is 23.5. The highest BCUT2D eigenvalue weighted by Gasteiger charge is 2.58. The smallest absolute Gasteiger partial charge is 0.231 e. The number of fused-ring (bicyclic) bond motifs is 2. The van der Waals surface area contributed by atoms with Gasteiger partial charge in [-0.2, -0.15) is 5.10 Å². The lowest BCUT2D eigenvalue weighted by Crippen LogP contribution is -2.62. The van der Waals surface area contributed by atoms with E-state index in [9.17, 15) is 0 Å². The van der Waals surface area contributed by atoms with E-state index in [-0.39, 0.29) is 31.1 Å². The molecule has 8 nitrogen and oxygen atoms in total. The molecule has 2 fully saturated rings. The van der Waals surface area contributed by atoms with Crippen LogP contribution in [0.1, 0.15) is 25.1 Å². The normalized spacial score (nSPS) is 31.0. The largest absolute Gasteiger partial charge is 0.454 e. The molecule has 2 saturated heterocycles. The molecule has 2 bridgehead atoms. The van der Waals surface area contributed by atoms with Crippen LogP contribution in [0.2, 0.25) is 0 Å². The van der Waals surface area contributed by atoms with E-state index in [0.29, 0.717) is 5.82 Å². The average Bonchev–Trinajstić information content (AvgIpc) is 3.31. The lowest BCUT2D eigenvalue weighted by atomic mass is 9.82. The molecule has 1 aromatic carbocycles. The summed E-state index contributed by atoms with van der Waals surface area (Å²) in [5.41, 5.74) is 2.97. The monoisotopic (exact) mass is 395 g/mol. The number of aryl methyl sites for hydroxylation is 1. The van der Waals surface area contributed by atoms with Gasteiger partial charge in [0.1, 0.15) is 24.4 Å². The first-order valence-electron chi connectivity index (χ1n) is 9.72. The molecule has 5 aliphatic rings. The molecule has 150 valence electrons. The molecule has 0 amide bonds. The van der Waals surface area contributed by atoms with Crippen molar-refractivity contribution in [1.29, 1.82) is 0 Å². The Morgan fingerprint density at radius 2 is 1.83 bits per heavy atom. The Morgan fingerprint density at radius 1 is 1.00 bits per heavy atom. The van der Waals surface area contributed by atoms with Gasteiger partial charge in [-0.3, -0.25) is 4.84 Å². The van der Waals surface area contributed by atoms with E-state index in [4.69, 9.17) is 23.8 Å². The van der Waals surface area contributed by atoms with Crippen molar-refractivity contribution in [3.8, 4) is 11.5 Å². The predicted molar refractivity (Wildman–Crippen MR) is 102 cm³/mol. The van der Waals surface area contributed by atoms with E-state index in [1.54, 1.807) is 0 Å². The Hall–Kier alpha value is -2.68. The van der Waals surface area contributed by atoms with Gasteiger partial charge in [-0.15, -0.1) is 5.10 Å². The minimum Gasteiger partial charge on any atom is -0.454 e. The molecule has 29 heavy (non-hydrogen) atoms. The van der Waals surface area contributed by atoms with Gasteiger partial charge in [0.15, 0.2) is 23.1 Å². The summed E-state index contributed by atoms with van der Waals surface area (Å²) in [5.74, 6) is 1.46. The first-order chi connectivity index (χ1) is 14.0. The van der Waals surface area contributed by atoms with Crippen molar-refractivity contribution < 1.29 is 23.8 Å². The molecule has 0 saturated carbocycles. The molecule has 1 aliphatic carbocycles. The highest BCUT2D eigenvalue weighted by molar-refractivity contribution is 5.77. The van der Waals surface area contributed by atoms with Crippen molar-refractivity contribution in [3.63, 3.8) is 0 Å². The second-order valence-electron chi connectivity index (χ2n) is 8.13. The van der Waals surface area contributed by atoms with Crippen LogP contribution in [0, 0.1) is 6.92 Å². The summed E-state index contributed by atoms with van der Waals surface area (Å²) in [6.07, 6.45) is 1.45. The highest BCUT2D eigenvalue weighted by Crippen LogP contribution is 2.48. The molecular formula is C21H21N3O5. The first kappa shape index (κ1) is 17.2. The third-order valence-electron chi connectivity index (χ3n) is 5.66. The van der Waals surface area contributed by atoms with Crippen LogP contribution < -0.4 is 14.5 Å². The Balaban J connectivity index is 1.45. The standard InChI is InChI=1S/C21H21N3O5/c1-11-4-7-17(23-22-11)24-18-13(12-5-6-14-15(8-12)26-10-25-14)9-16(29-24)19-20(18)28-21(2,3)27-19/h4-9,16,18-20H,10H2,1-3H3. The van der Waals surface area contributed by atoms with Crippen LogP contribution in [-0.4, -0.2) is 47.1 Å². The lowest BCUT2D eigenvalue weighted by molar-refractivity contribution is -0.150. The molecule has 8 heteroatoms. The molecule has 0 N–H and O–H groups in total. The van der Waals surface area contributed by atoms with Crippen molar-refractivity contribution in [1.82, 2.24) is 10.2 Å².